The molecule has 0 aliphatic heterocycles. The lowest BCUT2D eigenvalue weighted by Gasteiger charge is -2.07. The van der Waals surface area contributed by atoms with Gasteiger partial charge < -0.3 is 5.11 Å². The van der Waals surface area contributed by atoms with Gasteiger partial charge in [0.2, 0.25) is 10.0 Å². The summed E-state index contributed by atoms with van der Waals surface area (Å²) in [4.78, 5) is 4.21. The van der Waals surface area contributed by atoms with Gasteiger partial charge in [-0.3, -0.25) is 0 Å². The highest BCUT2D eigenvalue weighted by Gasteiger charge is 2.15. The van der Waals surface area contributed by atoms with Gasteiger partial charge in [0.05, 0.1) is 11.4 Å². The molecule has 2 rings (SSSR count). The summed E-state index contributed by atoms with van der Waals surface area (Å²) in [6.45, 7) is 1.72. The molecule has 2 aromatic rings. The third-order valence-corrected chi connectivity index (χ3v) is 4.89. The Morgan fingerprint density at radius 3 is 2.86 bits per heavy atom. The number of sulfonamides is 1. The first-order chi connectivity index (χ1) is 10.0. The van der Waals surface area contributed by atoms with Gasteiger partial charge in [0.1, 0.15) is 11.6 Å². The van der Waals surface area contributed by atoms with Crippen LogP contribution in [0.3, 0.4) is 0 Å². The van der Waals surface area contributed by atoms with Crippen LogP contribution in [0.25, 0.3) is 0 Å². The van der Waals surface area contributed by atoms with Gasteiger partial charge in [-0.1, -0.05) is 11.8 Å². The highest BCUT2D eigenvalue weighted by atomic mass is 32.2. The molecule has 0 saturated carbocycles. The van der Waals surface area contributed by atoms with Crippen LogP contribution in [0.2, 0.25) is 0 Å². The summed E-state index contributed by atoms with van der Waals surface area (Å²) >= 11 is 1.39. The van der Waals surface area contributed by atoms with Gasteiger partial charge in [-0.25, -0.2) is 18.1 Å². The van der Waals surface area contributed by atoms with E-state index in [4.69, 9.17) is 5.11 Å². The molecular weight excluding hydrogens is 308 g/mol. The van der Waals surface area contributed by atoms with Crippen LogP contribution in [-0.2, 0) is 16.6 Å². The Labute approximate surface area is 127 Å². The monoisotopic (exact) mass is 322 g/mol. The molecule has 0 fully saturated rings. The number of hydrogen-bond acceptors (Lipinski definition) is 5. The molecule has 0 aliphatic rings. The summed E-state index contributed by atoms with van der Waals surface area (Å²) in [5.74, 6) is 5.31. The molecule has 0 unspecified atom stereocenters. The van der Waals surface area contributed by atoms with Crippen LogP contribution >= 0.6 is 11.3 Å². The van der Waals surface area contributed by atoms with Gasteiger partial charge in [-0.2, -0.15) is 0 Å². The van der Waals surface area contributed by atoms with E-state index in [9.17, 15) is 8.42 Å². The number of aryl methyl sites for hydroxylation is 1. The van der Waals surface area contributed by atoms with Gasteiger partial charge in [-0.15, -0.1) is 11.3 Å². The zero-order chi connectivity index (χ0) is 15.3. The smallest absolute Gasteiger partial charge is 0.240 e. The maximum Gasteiger partial charge on any atom is 0.240 e. The van der Waals surface area contributed by atoms with E-state index in [0.29, 0.717) is 10.6 Å². The molecule has 1 heterocycles. The predicted octanol–water partition coefficient (Wildman–Crippen LogP) is 1.27. The largest absolute Gasteiger partial charge is 0.384 e. The molecule has 0 spiro atoms. The third kappa shape index (κ3) is 4.12. The zero-order valence-electron chi connectivity index (χ0n) is 11.3. The van der Waals surface area contributed by atoms with E-state index in [1.165, 1.54) is 17.4 Å². The lowest BCUT2D eigenvalue weighted by molar-refractivity contribution is 0.350. The number of aromatic nitrogens is 1. The van der Waals surface area contributed by atoms with Crippen LogP contribution in [0.15, 0.2) is 34.7 Å². The van der Waals surface area contributed by atoms with Crippen molar-refractivity contribution in [3.8, 4) is 11.8 Å². The second-order valence-corrected chi connectivity index (χ2v) is 6.93. The Morgan fingerprint density at radius 2 is 2.24 bits per heavy atom. The number of nitrogens with zero attached hydrogens (tertiary/aromatic N) is 1. The molecule has 1 aromatic heterocycles. The molecule has 2 N–H and O–H groups in total. The van der Waals surface area contributed by atoms with Crippen LogP contribution in [0.1, 0.15) is 16.1 Å². The van der Waals surface area contributed by atoms with Crippen molar-refractivity contribution in [1.82, 2.24) is 9.71 Å². The van der Waals surface area contributed by atoms with Gasteiger partial charge in [-0.05, 0) is 30.7 Å². The summed E-state index contributed by atoms with van der Waals surface area (Å²) in [5, 5.41) is 11.2. The molecule has 21 heavy (non-hydrogen) atoms. The molecule has 0 atom stereocenters. The fourth-order valence-corrected chi connectivity index (χ4v) is 3.38. The minimum Gasteiger partial charge on any atom is -0.384 e. The molecule has 0 aliphatic carbocycles. The second kappa shape index (κ2) is 6.83. The van der Waals surface area contributed by atoms with E-state index in [0.717, 1.165) is 5.56 Å². The first-order valence-corrected chi connectivity index (χ1v) is 8.47. The van der Waals surface area contributed by atoms with E-state index >= 15 is 0 Å². The molecular formula is C14H14N2O3S2. The van der Waals surface area contributed by atoms with Gasteiger partial charge in [0.25, 0.3) is 0 Å². The van der Waals surface area contributed by atoms with Crippen LogP contribution in [0, 0.1) is 18.8 Å². The Kier molecular flexibility index (Phi) is 5.09. The van der Waals surface area contributed by atoms with E-state index in [1.807, 2.05) is 0 Å². The summed E-state index contributed by atoms with van der Waals surface area (Å²) in [6, 6.07) is 4.69. The number of nitrogens with one attached hydrogen (secondary N) is 1. The number of hydrogen-bond donors (Lipinski definition) is 2. The van der Waals surface area contributed by atoms with Crippen LogP contribution in [0.4, 0.5) is 0 Å². The molecule has 0 radical (unpaired) electrons. The fourth-order valence-electron chi connectivity index (χ4n) is 1.66. The highest BCUT2D eigenvalue weighted by Crippen LogP contribution is 2.15. The Hall–Kier alpha value is -1.72. The van der Waals surface area contributed by atoms with Gasteiger partial charge in [0, 0.05) is 17.1 Å². The number of aliphatic hydroxyl groups is 1. The standard InChI is InChI=1S/C14H14N2O3S2/c1-11-9-13(5-4-12(11)3-2-7-17)21(18,19)16-10-14-15-6-8-20-14/h4-6,8-9,16-17H,7,10H2,1H3. The van der Waals surface area contributed by atoms with Crippen molar-refractivity contribution < 1.29 is 13.5 Å². The lowest BCUT2D eigenvalue weighted by atomic mass is 10.1. The molecule has 7 heteroatoms. The first kappa shape index (κ1) is 15.7. The summed E-state index contributed by atoms with van der Waals surface area (Å²) in [7, 11) is -3.58. The first-order valence-electron chi connectivity index (χ1n) is 6.11. The Bertz CT molecular complexity index is 772. The van der Waals surface area contributed by atoms with Crippen molar-refractivity contribution in [2.45, 2.75) is 18.4 Å². The van der Waals surface area contributed by atoms with Crippen molar-refractivity contribution in [3.05, 3.63) is 45.9 Å². The zero-order valence-corrected chi connectivity index (χ0v) is 13.0. The minimum atomic E-state index is -3.58. The van der Waals surface area contributed by atoms with Crippen molar-refractivity contribution in [2.75, 3.05) is 6.61 Å². The number of aliphatic hydroxyl groups excluding tert-OH is 1. The maximum atomic E-state index is 12.2. The molecule has 1 aromatic carbocycles. The summed E-state index contributed by atoms with van der Waals surface area (Å²) in [6.07, 6.45) is 1.63. The number of thiazole rings is 1. The normalized spacial score (nSPS) is 11.0. The molecule has 0 saturated heterocycles. The topological polar surface area (TPSA) is 79.3 Å². The average Bonchev–Trinajstić information content (AvgIpc) is 2.97. The van der Waals surface area contributed by atoms with Crippen molar-refractivity contribution in [1.29, 1.82) is 0 Å². The van der Waals surface area contributed by atoms with Crippen molar-refractivity contribution in [3.63, 3.8) is 0 Å². The average molecular weight is 322 g/mol. The molecule has 110 valence electrons. The van der Waals surface area contributed by atoms with Gasteiger partial charge in [0.15, 0.2) is 0 Å². The second-order valence-electron chi connectivity index (χ2n) is 4.19. The molecule has 0 amide bonds. The molecule has 0 bridgehead atoms. The van der Waals surface area contributed by atoms with Crippen LogP contribution < -0.4 is 4.72 Å². The van der Waals surface area contributed by atoms with Crippen LogP contribution in [0.5, 0.6) is 0 Å². The Morgan fingerprint density at radius 1 is 1.43 bits per heavy atom. The van der Waals surface area contributed by atoms with Crippen molar-refractivity contribution >= 4 is 21.4 Å². The SMILES string of the molecule is Cc1cc(S(=O)(=O)NCc2nccs2)ccc1C#CCO. The number of rotatable bonds is 4. The quantitative estimate of drug-likeness (QED) is 0.831. The fraction of sp³-hybridized carbons (Fsp3) is 0.214. The van der Waals surface area contributed by atoms with Crippen LogP contribution in [-0.4, -0.2) is 25.1 Å². The van der Waals surface area contributed by atoms with E-state index < -0.39 is 10.0 Å². The van der Waals surface area contributed by atoms with E-state index in [1.54, 1.807) is 30.6 Å². The summed E-state index contributed by atoms with van der Waals surface area (Å²) in [5.41, 5.74) is 1.44. The maximum absolute atomic E-state index is 12.2. The predicted molar refractivity (Wildman–Crippen MR) is 81.3 cm³/mol. The van der Waals surface area contributed by atoms with Gasteiger partial charge >= 0.3 is 0 Å². The molecule has 5 nitrogen and oxygen atoms in total. The third-order valence-electron chi connectivity index (χ3n) is 2.71. The van der Waals surface area contributed by atoms with Crippen molar-refractivity contribution in [2.24, 2.45) is 0 Å². The van der Waals surface area contributed by atoms with E-state index in [2.05, 4.69) is 21.5 Å². The number of benzene rings is 1. The highest BCUT2D eigenvalue weighted by molar-refractivity contribution is 7.89. The summed E-state index contributed by atoms with van der Waals surface area (Å²) < 4.78 is 26.9. The lowest BCUT2D eigenvalue weighted by Crippen LogP contribution is -2.23. The minimum absolute atomic E-state index is 0.172. The van der Waals surface area contributed by atoms with E-state index in [-0.39, 0.29) is 18.0 Å². The Balaban J connectivity index is 2.18.